The highest BCUT2D eigenvalue weighted by atomic mass is 35.5. The summed E-state index contributed by atoms with van der Waals surface area (Å²) in [4.78, 5) is 26.5. The number of amides is 1. The molecule has 1 aromatic carbocycles. The van der Waals surface area contributed by atoms with Crippen LogP contribution in [0.1, 0.15) is 52.5 Å². The van der Waals surface area contributed by atoms with E-state index in [-0.39, 0.29) is 18.3 Å². The number of methoxy groups -OCH3 is 1. The van der Waals surface area contributed by atoms with Crippen LogP contribution in [0.25, 0.3) is 0 Å². The van der Waals surface area contributed by atoms with Gasteiger partial charge in [0.15, 0.2) is 11.0 Å². The molecule has 1 atom stereocenters. The maximum atomic E-state index is 12.8. The van der Waals surface area contributed by atoms with Gasteiger partial charge in [-0.3, -0.25) is 4.79 Å². The van der Waals surface area contributed by atoms with Gasteiger partial charge in [0.25, 0.3) is 0 Å². The Labute approximate surface area is 223 Å². The number of fused-ring (bicyclic) bond motifs is 1. The predicted octanol–water partition coefficient (Wildman–Crippen LogP) is 5.54. The number of anilines is 1. The average Bonchev–Trinajstić information content (AvgIpc) is 3.41. The molecule has 192 valence electrons. The van der Waals surface area contributed by atoms with Crippen LogP contribution in [0.5, 0.6) is 5.75 Å². The maximum absolute atomic E-state index is 12.8. The van der Waals surface area contributed by atoms with Crippen LogP contribution in [0.3, 0.4) is 0 Å². The SMILES string of the molecule is CCn1c(COc2ccc(Cl)cc2C)nnc1SCC(=O)Nc1sc2c(c1C(=O)OC)CCC(C)C2. The highest BCUT2D eigenvalue weighted by molar-refractivity contribution is 7.99. The van der Waals surface area contributed by atoms with Crippen LogP contribution in [0.15, 0.2) is 23.4 Å². The summed E-state index contributed by atoms with van der Waals surface area (Å²) in [7, 11) is 1.37. The van der Waals surface area contributed by atoms with Gasteiger partial charge in [-0.05, 0) is 68.4 Å². The minimum Gasteiger partial charge on any atom is -0.485 e. The van der Waals surface area contributed by atoms with Crippen LogP contribution in [0.2, 0.25) is 5.02 Å². The van der Waals surface area contributed by atoms with Crippen molar-refractivity contribution in [2.45, 2.75) is 58.3 Å². The number of hydrogen-bond acceptors (Lipinski definition) is 8. The molecule has 8 nitrogen and oxygen atoms in total. The van der Waals surface area contributed by atoms with Crippen LogP contribution >= 0.6 is 34.7 Å². The summed E-state index contributed by atoms with van der Waals surface area (Å²) in [5.74, 6) is 1.47. The molecule has 0 spiro atoms. The molecule has 0 aliphatic heterocycles. The van der Waals surface area contributed by atoms with Crippen molar-refractivity contribution in [3.63, 3.8) is 0 Å². The Kier molecular flexibility index (Phi) is 8.58. The number of benzene rings is 1. The van der Waals surface area contributed by atoms with Crippen LogP contribution in [-0.2, 0) is 35.5 Å². The van der Waals surface area contributed by atoms with Gasteiger partial charge in [-0.2, -0.15) is 0 Å². The first kappa shape index (κ1) is 26.5. The van der Waals surface area contributed by atoms with E-state index in [4.69, 9.17) is 21.1 Å². The van der Waals surface area contributed by atoms with Crippen molar-refractivity contribution in [2.24, 2.45) is 5.92 Å². The molecule has 0 radical (unpaired) electrons. The van der Waals surface area contributed by atoms with E-state index in [1.165, 1.54) is 30.2 Å². The summed E-state index contributed by atoms with van der Waals surface area (Å²) in [5.41, 5.74) is 2.45. The molecule has 0 fully saturated rings. The Morgan fingerprint density at radius 2 is 2.14 bits per heavy atom. The van der Waals surface area contributed by atoms with Gasteiger partial charge in [-0.1, -0.05) is 30.3 Å². The van der Waals surface area contributed by atoms with Crippen molar-refractivity contribution >= 4 is 51.6 Å². The number of rotatable bonds is 9. The minimum absolute atomic E-state index is 0.134. The van der Waals surface area contributed by atoms with Crippen molar-refractivity contribution in [1.29, 1.82) is 0 Å². The van der Waals surface area contributed by atoms with Gasteiger partial charge in [0.05, 0.1) is 18.4 Å². The summed E-state index contributed by atoms with van der Waals surface area (Å²) in [5, 5.41) is 13.3. The van der Waals surface area contributed by atoms with Crippen molar-refractivity contribution in [2.75, 3.05) is 18.2 Å². The number of carbonyl (C=O) groups excluding carboxylic acids is 2. The second kappa shape index (κ2) is 11.7. The molecule has 1 amide bonds. The first-order valence-electron chi connectivity index (χ1n) is 11.8. The molecular formula is C25H29ClN4O4S2. The van der Waals surface area contributed by atoms with Crippen molar-refractivity contribution in [3.05, 3.63) is 50.6 Å². The fraction of sp³-hybridized carbons (Fsp3) is 0.440. The Balaban J connectivity index is 1.41. The monoisotopic (exact) mass is 548 g/mol. The summed E-state index contributed by atoms with van der Waals surface area (Å²) in [6.45, 7) is 7.01. The lowest BCUT2D eigenvalue weighted by Gasteiger charge is -2.18. The van der Waals surface area contributed by atoms with Gasteiger partial charge >= 0.3 is 5.97 Å². The standard InChI is InChI=1S/C25H29ClN4O4S2/c1-5-30-20(12-34-18-9-7-16(26)11-15(18)3)28-29-25(30)35-13-21(31)27-23-22(24(32)33-4)17-8-6-14(2)10-19(17)36-23/h7,9,11,14H,5-6,8,10,12-13H2,1-4H3,(H,27,31). The molecule has 3 aromatic rings. The largest absolute Gasteiger partial charge is 0.485 e. The fourth-order valence-corrected chi connectivity index (χ4v) is 6.68. The van der Waals surface area contributed by atoms with Crippen LogP contribution in [0.4, 0.5) is 5.00 Å². The molecule has 2 aromatic heterocycles. The second-order valence-corrected chi connectivity index (χ2v) is 11.2. The lowest BCUT2D eigenvalue weighted by molar-refractivity contribution is -0.113. The number of ether oxygens (including phenoxy) is 2. The molecule has 1 N–H and O–H groups in total. The summed E-state index contributed by atoms with van der Waals surface area (Å²) in [6.07, 6.45) is 2.75. The first-order valence-corrected chi connectivity index (χ1v) is 13.9. The number of halogens is 1. The molecule has 4 rings (SSSR count). The number of thiophene rings is 1. The highest BCUT2D eigenvalue weighted by Crippen LogP contribution is 2.40. The molecule has 1 unspecified atom stereocenters. The Morgan fingerprint density at radius 3 is 2.86 bits per heavy atom. The lowest BCUT2D eigenvalue weighted by atomic mass is 9.88. The van der Waals surface area contributed by atoms with Gasteiger partial charge in [-0.15, -0.1) is 21.5 Å². The number of aryl methyl sites for hydroxylation is 1. The number of carbonyl (C=O) groups is 2. The van der Waals surface area contributed by atoms with Gasteiger partial charge in [0, 0.05) is 16.4 Å². The number of hydrogen-bond donors (Lipinski definition) is 1. The zero-order valence-corrected chi connectivity index (χ0v) is 23.1. The Hall–Kier alpha value is -2.56. The Bertz CT molecular complexity index is 1270. The van der Waals surface area contributed by atoms with E-state index in [2.05, 4.69) is 22.4 Å². The van der Waals surface area contributed by atoms with Gasteiger partial charge < -0.3 is 19.4 Å². The molecule has 11 heteroatoms. The normalized spacial score (nSPS) is 14.9. The van der Waals surface area contributed by atoms with E-state index >= 15 is 0 Å². The zero-order valence-electron chi connectivity index (χ0n) is 20.7. The molecule has 1 aliphatic rings. The third-order valence-electron chi connectivity index (χ3n) is 6.09. The van der Waals surface area contributed by atoms with E-state index in [9.17, 15) is 9.59 Å². The smallest absolute Gasteiger partial charge is 0.341 e. The quantitative estimate of drug-likeness (QED) is 0.277. The third kappa shape index (κ3) is 5.87. The topological polar surface area (TPSA) is 95.3 Å². The van der Waals surface area contributed by atoms with E-state index in [0.717, 1.165) is 41.0 Å². The Morgan fingerprint density at radius 1 is 1.33 bits per heavy atom. The van der Waals surface area contributed by atoms with Crippen molar-refractivity contribution < 1.29 is 19.1 Å². The summed E-state index contributed by atoms with van der Waals surface area (Å²) < 4.78 is 12.9. The van der Waals surface area contributed by atoms with E-state index in [1.54, 1.807) is 6.07 Å². The lowest BCUT2D eigenvalue weighted by Crippen LogP contribution is -2.17. The van der Waals surface area contributed by atoms with Crippen LogP contribution in [-0.4, -0.2) is 39.5 Å². The second-order valence-electron chi connectivity index (χ2n) is 8.73. The van der Waals surface area contributed by atoms with E-state index < -0.39 is 5.97 Å². The van der Waals surface area contributed by atoms with E-state index in [0.29, 0.717) is 39.0 Å². The van der Waals surface area contributed by atoms with Gasteiger partial charge in [0.2, 0.25) is 5.91 Å². The predicted molar refractivity (Wildman–Crippen MR) is 142 cm³/mol. The molecule has 1 aliphatic carbocycles. The zero-order chi connectivity index (χ0) is 25.8. The number of nitrogens with one attached hydrogen (secondary N) is 1. The number of aromatic nitrogens is 3. The van der Waals surface area contributed by atoms with Crippen molar-refractivity contribution in [3.8, 4) is 5.75 Å². The van der Waals surface area contributed by atoms with Crippen LogP contribution in [0, 0.1) is 12.8 Å². The first-order chi connectivity index (χ1) is 17.3. The van der Waals surface area contributed by atoms with Gasteiger partial charge in [0.1, 0.15) is 17.4 Å². The molecular weight excluding hydrogens is 520 g/mol. The highest BCUT2D eigenvalue weighted by Gasteiger charge is 2.29. The minimum atomic E-state index is -0.406. The molecule has 0 saturated heterocycles. The van der Waals surface area contributed by atoms with Gasteiger partial charge in [-0.25, -0.2) is 4.79 Å². The maximum Gasteiger partial charge on any atom is 0.341 e. The fourth-order valence-electron chi connectivity index (χ4n) is 4.22. The summed E-state index contributed by atoms with van der Waals surface area (Å²) in [6, 6.07) is 5.46. The molecule has 2 heterocycles. The van der Waals surface area contributed by atoms with Crippen molar-refractivity contribution in [1.82, 2.24) is 14.8 Å². The molecule has 0 saturated carbocycles. The number of thioether (sulfide) groups is 1. The average molecular weight is 549 g/mol. The third-order valence-corrected chi connectivity index (χ3v) is 8.46. The summed E-state index contributed by atoms with van der Waals surface area (Å²) >= 11 is 8.79. The molecule has 0 bridgehead atoms. The number of nitrogens with zero attached hydrogens (tertiary/aromatic N) is 3. The number of esters is 1. The van der Waals surface area contributed by atoms with E-state index in [1.807, 2.05) is 30.5 Å². The van der Waals surface area contributed by atoms with Crippen LogP contribution < -0.4 is 10.1 Å². The molecule has 36 heavy (non-hydrogen) atoms.